The Hall–Kier alpha value is -1.41. The molecule has 0 fully saturated rings. The molecule has 1 aromatic carbocycles. The Morgan fingerprint density at radius 2 is 2.05 bits per heavy atom. The molecule has 1 heterocycles. The minimum atomic E-state index is -0.971. The molecule has 3 N–H and O–H groups in total. The molecule has 1 aromatic heterocycles. The highest BCUT2D eigenvalue weighted by molar-refractivity contribution is 8.13. The van der Waals surface area contributed by atoms with Gasteiger partial charge in [-0.05, 0) is 36.3 Å². The van der Waals surface area contributed by atoms with E-state index in [-0.39, 0.29) is 5.12 Å². The summed E-state index contributed by atoms with van der Waals surface area (Å²) in [6.07, 6.45) is 2.06. The van der Waals surface area contributed by atoms with Gasteiger partial charge < -0.3 is 15.2 Å². The van der Waals surface area contributed by atoms with Crippen LogP contribution in [0.15, 0.2) is 36.7 Å². The van der Waals surface area contributed by atoms with E-state index in [9.17, 15) is 15.0 Å². The number of imidazole rings is 1. The summed E-state index contributed by atoms with van der Waals surface area (Å²) >= 11 is 6.30. The fourth-order valence-electron chi connectivity index (χ4n) is 2.06. The number of aromatic nitrogens is 2. The predicted molar refractivity (Wildman–Crippen MR) is 89.7 cm³/mol. The SMILES string of the molecule is CC(=O)SCCC(O)C(O)c1ccc(-n2cc[nH]c2=S)cc1. The van der Waals surface area contributed by atoms with Gasteiger partial charge in [-0.3, -0.25) is 9.36 Å². The molecule has 2 atom stereocenters. The van der Waals surface area contributed by atoms with Gasteiger partial charge in [-0.1, -0.05) is 23.9 Å². The molecule has 0 saturated heterocycles. The van der Waals surface area contributed by atoms with Crippen molar-refractivity contribution in [3.63, 3.8) is 0 Å². The molecule has 0 aliphatic carbocycles. The van der Waals surface area contributed by atoms with Crippen molar-refractivity contribution in [2.75, 3.05) is 5.75 Å². The number of benzene rings is 1. The number of carbonyl (C=O) groups excluding carboxylic acids is 1. The predicted octanol–water partition coefficient (Wildman–Crippen LogP) is 2.60. The van der Waals surface area contributed by atoms with Crippen molar-refractivity contribution < 1.29 is 15.0 Å². The van der Waals surface area contributed by atoms with Crippen LogP contribution in [0.1, 0.15) is 25.0 Å². The number of hydrogen-bond donors (Lipinski definition) is 3. The third kappa shape index (κ3) is 4.30. The Bertz CT molecular complexity index is 679. The number of H-pyrrole nitrogens is 1. The van der Waals surface area contributed by atoms with Gasteiger partial charge in [0.1, 0.15) is 6.10 Å². The zero-order valence-corrected chi connectivity index (χ0v) is 13.7. The van der Waals surface area contributed by atoms with Crippen LogP contribution in [-0.4, -0.2) is 36.7 Å². The molecule has 0 bridgehead atoms. The molecule has 5 nitrogen and oxygen atoms in total. The number of carbonyl (C=O) groups is 1. The average molecular weight is 338 g/mol. The second kappa shape index (κ2) is 7.73. The summed E-state index contributed by atoms with van der Waals surface area (Å²) in [7, 11) is 0. The zero-order chi connectivity index (χ0) is 16.1. The highest BCUT2D eigenvalue weighted by Crippen LogP contribution is 2.22. The van der Waals surface area contributed by atoms with Crippen molar-refractivity contribution in [1.29, 1.82) is 0 Å². The summed E-state index contributed by atoms with van der Waals surface area (Å²) < 4.78 is 2.40. The van der Waals surface area contributed by atoms with E-state index in [1.165, 1.54) is 6.92 Å². The maximum absolute atomic E-state index is 10.8. The van der Waals surface area contributed by atoms with Gasteiger partial charge in [0.15, 0.2) is 9.89 Å². The van der Waals surface area contributed by atoms with Crippen molar-refractivity contribution in [2.24, 2.45) is 0 Å². The standard InChI is InChI=1S/C15H18N2O3S2/c1-10(18)22-9-6-13(19)14(20)11-2-4-12(5-3-11)17-8-7-16-15(17)21/h2-5,7-8,13-14,19-20H,6,9H2,1H3,(H,16,21). The number of aromatic amines is 1. The van der Waals surface area contributed by atoms with E-state index in [4.69, 9.17) is 12.2 Å². The first-order chi connectivity index (χ1) is 10.5. The van der Waals surface area contributed by atoms with Gasteiger partial charge in [0.25, 0.3) is 0 Å². The van der Waals surface area contributed by atoms with Gasteiger partial charge in [0.2, 0.25) is 0 Å². The number of aliphatic hydroxyl groups excluding tert-OH is 2. The van der Waals surface area contributed by atoms with E-state index in [1.54, 1.807) is 18.3 Å². The monoisotopic (exact) mass is 338 g/mol. The third-order valence-electron chi connectivity index (χ3n) is 3.25. The second-order valence-corrected chi connectivity index (χ2v) is 6.53. The maximum Gasteiger partial charge on any atom is 0.185 e. The first-order valence-electron chi connectivity index (χ1n) is 6.85. The van der Waals surface area contributed by atoms with E-state index >= 15 is 0 Å². The molecule has 118 valence electrons. The van der Waals surface area contributed by atoms with Crippen LogP contribution < -0.4 is 0 Å². The minimum absolute atomic E-state index is 0.00860. The van der Waals surface area contributed by atoms with E-state index in [1.807, 2.05) is 22.9 Å². The largest absolute Gasteiger partial charge is 0.390 e. The molecule has 2 unspecified atom stereocenters. The lowest BCUT2D eigenvalue weighted by Gasteiger charge is -2.18. The van der Waals surface area contributed by atoms with Crippen LogP contribution in [0.5, 0.6) is 0 Å². The zero-order valence-electron chi connectivity index (χ0n) is 12.1. The van der Waals surface area contributed by atoms with Crippen molar-refractivity contribution in [3.05, 3.63) is 47.0 Å². The fourth-order valence-corrected chi connectivity index (χ4v) is 2.94. The minimum Gasteiger partial charge on any atom is -0.390 e. The lowest BCUT2D eigenvalue weighted by atomic mass is 10.0. The molecular weight excluding hydrogens is 320 g/mol. The van der Waals surface area contributed by atoms with Crippen molar-refractivity contribution >= 4 is 29.1 Å². The van der Waals surface area contributed by atoms with Gasteiger partial charge in [-0.15, -0.1) is 0 Å². The van der Waals surface area contributed by atoms with Gasteiger partial charge >= 0.3 is 0 Å². The van der Waals surface area contributed by atoms with Crippen LogP contribution in [0.2, 0.25) is 0 Å². The van der Waals surface area contributed by atoms with Crippen LogP contribution in [0.3, 0.4) is 0 Å². The highest BCUT2D eigenvalue weighted by Gasteiger charge is 2.18. The first-order valence-corrected chi connectivity index (χ1v) is 8.24. The van der Waals surface area contributed by atoms with Crippen molar-refractivity contribution in [3.8, 4) is 5.69 Å². The number of hydrogen-bond acceptors (Lipinski definition) is 5. The summed E-state index contributed by atoms with van der Waals surface area (Å²) in [4.78, 5) is 13.8. The van der Waals surface area contributed by atoms with E-state index in [0.717, 1.165) is 17.4 Å². The smallest absolute Gasteiger partial charge is 0.185 e. The summed E-state index contributed by atoms with van der Waals surface area (Å²) in [6.45, 7) is 1.48. The molecule has 7 heteroatoms. The molecule has 0 radical (unpaired) electrons. The second-order valence-electron chi connectivity index (χ2n) is 4.87. The van der Waals surface area contributed by atoms with E-state index in [2.05, 4.69) is 4.98 Å². The maximum atomic E-state index is 10.8. The molecule has 0 saturated carbocycles. The molecule has 0 aliphatic heterocycles. The highest BCUT2D eigenvalue weighted by atomic mass is 32.2. The molecule has 22 heavy (non-hydrogen) atoms. The fraction of sp³-hybridized carbons (Fsp3) is 0.333. The van der Waals surface area contributed by atoms with E-state index in [0.29, 0.717) is 22.5 Å². The number of aliphatic hydroxyl groups is 2. The molecule has 0 spiro atoms. The van der Waals surface area contributed by atoms with Gasteiger partial charge in [-0.25, -0.2) is 0 Å². The quantitative estimate of drug-likeness (QED) is 0.706. The molecular formula is C15H18N2O3S2. The Morgan fingerprint density at radius 3 is 2.59 bits per heavy atom. The summed E-state index contributed by atoms with van der Waals surface area (Å²) in [5.74, 6) is 0.490. The van der Waals surface area contributed by atoms with Gasteiger partial charge in [0.05, 0.1) is 6.10 Å². The molecule has 2 rings (SSSR count). The van der Waals surface area contributed by atoms with Gasteiger partial charge in [0, 0.05) is 30.8 Å². The average Bonchev–Trinajstić information content (AvgIpc) is 2.92. The molecule has 0 amide bonds. The van der Waals surface area contributed by atoms with Crippen LogP contribution in [0.25, 0.3) is 5.69 Å². The van der Waals surface area contributed by atoms with Crippen LogP contribution >= 0.6 is 24.0 Å². The van der Waals surface area contributed by atoms with Gasteiger partial charge in [-0.2, -0.15) is 0 Å². The normalized spacial score (nSPS) is 13.8. The Labute approximate surface area is 138 Å². The van der Waals surface area contributed by atoms with Crippen molar-refractivity contribution in [1.82, 2.24) is 9.55 Å². The Kier molecular flexibility index (Phi) is 5.96. The number of nitrogens with zero attached hydrogens (tertiary/aromatic N) is 1. The summed E-state index contributed by atoms with van der Waals surface area (Å²) in [6, 6.07) is 7.19. The number of rotatable bonds is 6. The van der Waals surface area contributed by atoms with Crippen LogP contribution in [0, 0.1) is 4.77 Å². The first kappa shape index (κ1) is 17.0. The number of nitrogens with one attached hydrogen (secondary N) is 1. The Morgan fingerprint density at radius 1 is 1.36 bits per heavy atom. The lowest BCUT2D eigenvalue weighted by Crippen LogP contribution is -2.19. The van der Waals surface area contributed by atoms with E-state index < -0.39 is 12.2 Å². The Balaban J connectivity index is 2.02. The van der Waals surface area contributed by atoms with Crippen LogP contribution in [-0.2, 0) is 4.79 Å². The third-order valence-corrected chi connectivity index (χ3v) is 4.41. The summed E-state index contributed by atoms with van der Waals surface area (Å²) in [5, 5.41) is 20.1. The van der Waals surface area contributed by atoms with Crippen molar-refractivity contribution in [2.45, 2.75) is 25.6 Å². The molecule has 0 aliphatic rings. The van der Waals surface area contributed by atoms with Crippen LogP contribution in [0.4, 0.5) is 0 Å². The lowest BCUT2D eigenvalue weighted by molar-refractivity contribution is -0.109. The molecule has 2 aromatic rings. The number of thioether (sulfide) groups is 1. The summed E-state index contributed by atoms with van der Waals surface area (Å²) in [5.41, 5.74) is 1.51. The topological polar surface area (TPSA) is 78.2 Å².